The van der Waals surface area contributed by atoms with Crippen molar-refractivity contribution in [2.75, 3.05) is 24.3 Å². The van der Waals surface area contributed by atoms with Gasteiger partial charge < -0.3 is 15.4 Å². The van der Waals surface area contributed by atoms with E-state index in [4.69, 9.17) is 16.3 Å². The van der Waals surface area contributed by atoms with Gasteiger partial charge in [-0.15, -0.1) is 5.10 Å². The van der Waals surface area contributed by atoms with Gasteiger partial charge in [0, 0.05) is 11.6 Å². The molecule has 0 unspecified atom stereocenters. The lowest BCUT2D eigenvalue weighted by molar-refractivity contribution is 0.417. The van der Waals surface area contributed by atoms with Crippen LogP contribution < -0.4 is 15.4 Å². The van der Waals surface area contributed by atoms with Gasteiger partial charge in [-0.25, -0.2) is 0 Å². The van der Waals surface area contributed by atoms with E-state index in [1.165, 1.54) is 0 Å². The monoisotopic (exact) mass is 307 g/mol. The van der Waals surface area contributed by atoms with Crippen LogP contribution in [0.5, 0.6) is 5.75 Å². The first-order valence-corrected chi connectivity index (χ1v) is 7.15. The number of ether oxygens (including phenoxy) is 1. The van der Waals surface area contributed by atoms with Crippen molar-refractivity contribution in [1.29, 1.82) is 0 Å². The molecule has 0 fully saturated rings. The molecular weight excluding hydrogens is 290 g/mol. The average Bonchev–Trinajstić information content (AvgIpc) is 2.48. The van der Waals surface area contributed by atoms with Crippen molar-refractivity contribution in [3.8, 4) is 5.75 Å². The standard InChI is InChI=1S/C14H18ClN5O/c1-3-4-7-16-14-19-13(9-17-20-14)18-11-8-10(15)5-6-12(11)21-2/h5-6,8-9H,3-4,7H2,1-2H3,(H2,16,18,19,20). The smallest absolute Gasteiger partial charge is 0.244 e. The molecule has 0 amide bonds. The zero-order chi connectivity index (χ0) is 15.1. The van der Waals surface area contributed by atoms with E-state index in [9.17, 15) is 0 Å². The molecule has 0 saturated heterocycles. The predicted molar refractivity (Wildman–Crippen MR) is 84.5 cm³/mol. The van der Waals surface area contributed by atoms with Gasteiger partial charge in [0.05, 0.1) is 19.0 Å². The maximum absolute atomic E-state index is 6.00. The first-order valence-electron chi connectivity index (χ1n) is 6.77. The molecule has 21 heavy (non-hydrogen) atoms. The number of hydrogen-bond donors (Lipinski definition) is 2. The van der Waals surface area contributed by atoms with Crippen molar-refractivity contribution in [2.45, 2.75) is 19.8 Å². The van der Waals surface area contributed by atoms with Gasteiger partial charge in [-0.2, -0.15) is 10.1 Å². The van der Waals surface area contributed by atoms with Crippen LogP contribution in [-0.2, 0) is 0 Å². The Hall–Kier alpha value is -2.08. The zero-order valence-electron chi connectivity index (χ0n) is 12.1. The minimum Gasteiger partial charge on any atom is -0.495 e. The van der Waals surface area contributed by atoms with E-state index in [0.717, 1.165) is 25.1 Å². The van der Waals surface area contributed by atoms with Gasteiger partial charge in [-0.05, 0) is 24.6 Å². The van der Waals surface area contributed by atoms with E-state index < -0.39 is 0 Å². The molecule has 1 aromatic carbocycles. The lowest BCUT2D eigenvalue weighted by Crippen LogP contribution is -2.07. The number of halogens is 1. The van der Waals surface area contributed by atoms with Crippen LogP contribution in [0.15, 0.2) is 24.4 Å². The van der Waals surface area contributed by atoms with Crippen molar-refractivity contribution in [3.63, 3.8) is 0 Å². The van der Waals surface area contributed by atoms with Crippen LogP contribution in [0.1, 0.15) is 19.8 Å². The van der Waals surface area contributed by atoms with E-state index in [1.54, 1.807) is 31.5 Å². The van der Waals surface area contributed by atoms with E-state index in [0.29, 0.717) is 22.5 Å². The second-order valence-electron chi connectivity index (χ2n) is 4.42. The molecule has 112 valence electrons. The fourth-order valence-electron chi connectivity index (χ4n) is 1.73. The molecule has 6 nitrogen and oxygen atoms in total. The number of hydrogen-bond acceptors (Lipinski definition) is 6. The van der Waals surface area contributed by atoms with Crippen LogP contribution >= 0.6 is 11.6 Å². The van der Waals surface area contributed by atoms with Gasteiger partial charge in [0.25, 0.3) is 0 Å². The molecule has 0 spiro atoms. The number of unbranched alkanes of at least 4 members (excludes halogenated alkanes) is 1. The van der Waals surface area contributed by atoms with E-state index >= 15 is 0 Å². The molecule has 0 bridgehead atoms. The van der Waals surface area contributed by atoms with Crippen molar-refractivity contribution < 1.29 is 4.74 Å². The van der Waals surface area contributed by atoms with Crippen LogP contribution in [-0.4, -0.2) is 28.8 Å². The van der Waals surface area contributed by atoms with Crippen LogP contribution in [0.2, 0.25) is 5.02 Å². The Morgan fingerprint density at radius 2 is 2.19 bits per heavy atom. The van der Waals surface area contributed by atoms with Gasteiger partial charge in [-0.1, -0.05) is 24.9 Å². The summed E-state index contributed by atoms with van der Waals surface area (Å²) in [5.74, 6) is 1.75. The highest BCUT2D eigenvalue weighted by Gasteiger charge is 2.06. The molecule has 0 atom stereocenters. The van der Waals surface area contributed by atoms with Crippen LogP contribution in [0.4, 0.5) is 17.5 Å². The largest absolute Gasteiger partial charge is 0.495 e. The Morgan fingerprint density at radius 1 is 1.33 bits per heavy atom. The predicted octanol–water partition coefficient (Wildman–Crippen LogP) is 3.49. The Kier molecular flexibility index (Phi) is 5.57. The summed E-state index contributed by atoms with van der Waals surface area (Å²) < 4.78 is 5.28. The second kappa shape index (κ2) is 7.64. The van der Waals surface area contributed by atoms with Gasteiger partial charge in [0.1, 0.15) is 5.75 Å². The molecule has 1 aromatic heterocycles. The average molecular weight is 308 g/mol. The maximum atomic E-state index is 6.00. The topological polar surface area (TPSA) is 72.0 Å². The number of benzene rings is 1. The maximum Gasteiger partial charge on any atom is 0.244 e. The SMILES string of the molecule is CCCCNc1nncc(Nc2cc(Cl)ccc2OC)n1. The fraction of sp³-hybridized carbons (Fsp3) is 0.357. The fourth-order valence-corrected chi connectivity index (χ4v) is 1.90. The second-order valence-corrected chi connectivity index (χ2v) is 4.85. The molecule has 0 saturated carbocycles. The van der Waals surface area contributed by atoms with Crippen LogP contribution in [0.3, 0.4) is 0 Å². The summed E-state index contributed by atoms with van der Waals surface area (Å²) in [4.78, 5) is 4.35. The quantitative estimate of drug-likeness (QED) is 0.763. The van der Waals surface area contributed by atoms with E-state index in [-0.39, 0.29) is 0 Å². The molecular formula is C14H18ClN5O. The highest BCUT2D eigenvalue weighted by Crippen LogP contribution is 2.29. The van der Waals surface area contributed by atoms with Gasteiger partial charge in [-0.3, -0.25) is 0 Å². The Labute approximate surface area is 128 Å². The lowest BCUT2D eigenvalue weighted by Gasteiger charge is -2.11. The molecule has 0 aliphatic rings. The molecule has 0 aliphatic heterocycles. The molecule has 0 radical (unpaired) electrons. The van der Waals surface area contributed by atoms with E-state index in [1.807, 2.05) is 0 Å². The van der Waals surface area contributed by atoms with Crippen molar-refractivity contribution >= 4 is 29.1 Å². The highest BCUT2D eigenvalue weighted by atomic mass is 35.5. The summed E-state index contributed by atoms with van der Waals surface area (Å²) in [6.45, 7) is 2.95. The number of nitrogens with one attached hydrogen (secondary N) is 2. The Morgan fingerprint density at radius 3 is 2.95 bits per heavy atom. The normalized spacial score (nSPS) is 10.2. The summed E-state index contributed by atoms with van der Waals surface area (Å²) in [6.07, 6.45) is 3.71. The van der Waals surface area contributed by atoms with Crippen LogP contribution in [0, 0.1) is 0 Å². The van der Waals surface area contributed by atoms with Crippen molar-refractivity contribution in [3.05, 3.63) is 29.4 Å². The van der Waals surface area contributed by atoms with E-state index in [2.05, 4.69) is 32.7 Å². The summed E-state index contributed by atoms with van der Waals surface area (Å²) >= 11 is 6.00. The molecule has 0 aliphatic carbocycles. The molecule has 2 N–H and O–H groups in total. The van der Waals surface area contributed by atoms with Crippen molar-refractivity contribution in [2.24, 2.45) is 0 Å². The Balaban J connectivity index is 2.12. The first kappa shape index (κ1) is 15.3. The molecule has 2 rings (SSSR count). The molecule has 2 aromatic rings. The number of anilines is 3. The third-order valence-electron chi connectivity index (χ3n) is 2.80. The number of methoxy groups -OCH3 is 1. The van der Waals surface area contributed by atoms with Crippen LogP contribution in [0.25, 0.3) is 0 Å². The zero-order valence-corrected chi connectivity index (χ0v) is 12.8. The minimum absolute atomic E-state index is 0.495. The Bertz CT molecular complexity index is 593. The minimum atomic E-state index is 0.495. The third kappa shape index (κ3) is 4.46. The summed E-state index contributed by atoms with van der Waals surface area (Å²) in [7, 11) is 1.60. The van der Waals surface area contributed by atoms with Gasteiger partial charge in [0.2, 0.25) is 5.95 Å². The summed E-state index contributed by atoms with van der Waals surface area (Å²) in [5, 5.41) is 14.7. The molecule has 7 heteroatoms. The van der Waals surface area contributed by atoms with Gasteiger partial charge >= 0.3 is 0 Å². The number of aromatic nitrogens is 3. The third-order valence-corrected chi connectivity index (χ3v) is 3.03. The summed E-state index contributed by atoms with van der Waals surface area (Å²) in [5.41, 5.74) is 0.727. The number of nitrogens with zero attached hydrogens (tertiary/aromatic N) is 3. The summed E-state index contributed by atoms with van der Waals surface area (Å²) in [6, 6.07) is 5.33. The molecule has 1 heterocycles. The highest BCUT2D eigenvalue weighted by molar-refractivity contribution is 6.31. The lowest BCUT2D eigenvalue weighted by atomic mass is 10.3. The van der Waals surface area contributed by atoms with Gasteiger partial charge in [0.15, 0.2) is 5.82 Å². The first-order chi connectivity index (χ1) is 10.2. The number of rotatable bonds is 7. The van der Waals surface area contributed by atoms with Crippen molar-refractivity contribution in [1.82, 2.24) is 15.2 Å².